The number of nitrogens with zero attached hydrogens (tertiary/aromatic N) is 1. The van der Waals surface area contributed by atoms with E-state index in [-0.39, 0.29) is 11.7 Å². The third-order valence-corrected chi connectivity index (χ3v) is 2.04. The molecule has 1 rings (SSSR count). The zero-order valence-electron chi connectivity index (χ0n) is 9.18. The fourth-order valence-corrected chi connectivity index (χ4v) is 1.06. The van der Waals surface area contributed by atoms with Crippen LogP contribution in [0.3, 0.4) is 0 Å². The molecule has 0 saturated carbocycles. The number of carbonyl (C=O) groups is 1. The van der Waals surface area contributed by atoms with E-state index in [2.05, 4.69) is 0 Å². The first-order valence-corrected chi connectivity index (χ1v) is 4.63. The number of amides is 1. The van der Waals surface area contributed by atoms with Crippen molar-refractivity contribution in [2.75, 3.05) is 19.9 Å². The topological polar surface area (TPSA) is 75.8 Å². The lowest BCUT2D eigenvalue weighted by Gasteiger charge is -2.10. The van der Waals surface area contributed by atoms with Crippen LogP contribution in [0.4, 0.5) is 5.69 Å². The summed E-state index contributed by atoms with van der Waals surface area (Å²) in [6.07, 6.45) is 2.77. The van der Waals surface area contributed by atoms with Gasteiger partial charge in [0.1, 0.15) is 5.75 Å². The highest BCUT2D eigenvalue weighted by Crippen LogP contribution is 2.20. The number of phenolic OH excluding ortho intramolecular Hbond substituents is 1. The summed E-state index contributed by atoms with van der Waals surface area (Å²) in [6.45, 7) is 0. The molecule has 1 amide bonds. The standard InChI is InChI=1S/C11H14N2O3/c1-13(16-2)11(15)6-3-8-7-9(12)4-5-10(8)14/h3-7,14H,12H2,1-2H3. The van der Waals surface area contributed by atoms with E-state index < -0.39 is 0 Å². The van der Waals surface area contributed by atoms with Crippen molar-refractivity contribution in [2.24, 2.45) is 0 Å². The molecule has 3 N–H and O–H groups in total. The van der Waals surface area contributed by atoms with Crippen LogP contribution in [0.25, 0.3) is 6.08 Å². The summed E-state index contributed by atoms with van der Waals surface area (Å²) < 4.78 is 0. The Morgan fingerprint density at radius 1 is 1.56 bits per heavy atom. The van der Waals surface area contributed by atoms with Crippen LogP contribution in [0, 0.1) is 0 Å². The fraction of sp³-hybridized carbons (Fsp3) is 0.182. The number of hydroxylamine groups is 2. The van der Waals surface area contributed by atoms with Crippen molar-refractivity contribution in [1.82, 2.24) is 5.06 Å². The molecule has 0 aliphatic carbocycles. The van der Waals surface area contributed by atoms with E-state index in [1.165, 1.54) is 32.4 Å². The summed E-state index contributed by atoms with van der Waals surface area (Å²) in [7, 11) is 2.88. The maximum atomic E-state index is 11.3. The predicted octanol–water partition coefficient (Wildman–Crippen LogP) is 1.01. The van der Waals surface area contributed by atoms with E-state index in [4.69, 9.17) is 10.6 Å². The Kier molecular flexibility index (Phi) is 3.90. The first kappa shape index (κ1) is 12.1. The van der Waals surface area contributed by atoms with Gasteiger partial charge < -0.3 is 10.8 Å². The first-order valence-electron chi connectivity index (χ1n) is 4.63. The van der Waals surface area contributed by atoms with Crippen LogP contribution in [-0.2, 0) is 9.63 Å². The smallest absolute Gasteiger partial charge is 0.269 e. The van der Waals surface area contributed by atoms with Crippen LogP contribution >= 0.6 is 0 Å². The highest BCUT2D eigenvalue weighted by atomic mass is 16.7. The second kappa shape index (κ2) is 5.18. The predicted molar refractivity (Wildman–Crippen MR) is 61.3 cm³/mol. The molecule has 0 spiro atoms. The van der Waals surface area contributed by atoms with Crippen LogP contribution in [0.1, 0.15) is 5.56 Å². The van der Waals surface area contributed by atoms with Gasteiger partial charge >= 0.3 is 0 Å². The zero-order valence-corrected chi connectivity index (χ0v) is 9.18. The van der Waals surface area contributed by atoms with E-state index in [1.54, 1.807) is 12.1 Å². The Hall–Kier alpha value is -2.01. The monoisotopic (exact) mass is 222 g/mol. The lowest BCUT2D eigenvalue weighted by molar-refractivity contribution is -0.162. The molecule has 0 bridgehead atoms. The Morgan fingerprint density at radius 3 is 2.88 bits per heavy atom. The van der Waals surface area contributed by atoms with E-state index in [1.807, 2.05) is 0 Å². The van der Waals surface area contributed by atoms with E-state index in [0.29, 0.717) is 11.3 Å². The first-order chi connectivity index (χ1) is 7.54. The minimum atomic E-state index is -0.329. The summed E-state index contributed by atoms with van der Waals surface area (Å²) >= 11 is 0. The SMILES string of the molecule is CON(C)C(=O)C=Cc1cc(N)ccc1O. The number of hydrogen-bond donors (Lipinski definition) is 2. The number of likely N-dealkylation sites (N-methyl/N-ethyl adjacent to an activating group) is 1. The van der Waals surface area contributed by atoms with Gasteiger partial charge in [0.2, 0.25) is 0 Å². The van der Waals surface area contributed by atoms with Crippen molar-refractivity contribution in [1.29, 1.82) is 0 Å². The van der Waals surface area contributed by atoms with Gasteiger partial charge in [-0.1, -0.05) is 0 Å². The van der Waals surface area contributed by atoms with Crippen molar-refractivity contribution < 1.29 is 14.7 Å². The Labute approximate surface area is 93.7 Å². The Morgan fingerprint density at radius 2 is 2.25 bits per heavy atom. The van der Waals surface area contributed by atoms with Crippen LogP contribution < -0.4 is 5.73 Å². The van der Waals surface area contributed by atoms with E-state index >= 15 is 0 Å². The maximum Gasteiger partial charge on any atom is 0.269 e. The summed E-state index contributed by atoms with van der Waals surface area (Å²) in [5.74, 6) is -0.261. The second-order valence-electron chi connectivity index (χ2n) is 3.17. The van der Waals surface area contributed by atoms with Crippen LogP contribution in [0.15, 0.2) is 24.3 Å². The largest absolute Gasteiger partial charge is 0.507 e. The molecular formula is C11H14N2O3. The van der Waals surface area contributed by atoms with Crippen molar-refractivity contribution in [3.63, 3.8) is 0 Å². The third-order valence-electron chi connectivity index (χ3n) is 2.04. The molecule has 0 unspecified atom stereocenters. The molecule has 16 heavy (non-hydrogen) atoms. The fourth-order valence-electron chi connectivity index (χ4n) is 1.06. The highest BCUT2D eigenvalue weighted by molar-refractivity contribution is 5.91. The third kappa shape index (κ3) is 2.99. The summed E-state index contributed by atoms with van der Waals surface area (Å²) in [4.78, 5) is 16.0. The number of phenols is 1. The quantitative estimate of drug-likeness (QED) is 0.346. The molecule has 0 fully saturated rings. The number of aromatic hydroxyl groups is 1. The molecule has 0 radical (unpaired) electrons. The maximum absolute atomic E-state index is 11.3. The molecule has 0 saturated heterocycles. The van der Waals surface area contributed by atoms with Crippen LogP contribution in [-0.4, -0.2) is 30.2 Å². The lowest BCUT2D eigenvalue weighted by Crippen LogP contribution is -2.22. The summed E-state index contributed by atoms with van der Waals surface area (Å²) in [5, 5.41) is 10.5. The van der Waals surface area contributed by atoms with Crippen LogP contribution in [0.2, 0.25) is 0 Å². The van der Waals surface area contributed by atoms with Gasteiger partial charge in [-0.3, -0.25) is 9.63 Å². The molecule has 5 nitrogen and oxygen atoms in total. The van der Waals surface area contributed by atoms with E-state index in [0.717, 1.165) is 5.06 Å². The minimum absolute atomic E-state index is 0.0679. The van der Waals surface area contributed by atoms with Gasteiger partial charge in [0.15, 0.2) is 0 Å². The number of carbonyl (C=O) groups excluding carboxylic acids is 1. The molecule has 0 aliphatic heterocycles. The average molecular weight is 222 g/mol. The van der Waals surface area contributed by atoms with Gasteiger partial charge in [-0.15, -0.1) is 0 Å². The zero-order chi connectivity index (χ0) is 12.1. The van der Waals surface area contributed by atoms with Gasteiger partial charge in [-0.25, -0.2) is 5.06 Å². The summed E-state index contributed by atoms with van der Waals surface area (Å²) in [6, 6.07) is 4.63. The van der Waals surface area contributed by atoms with Gasteiger partial charge in [-0.05, 0) is 24.3 Å². The van der Waals surface area contributed by atoms with Gasteiger partial charge in [0, 0.05) is 24.4 Å². The van der Waals surface area contributed by atoms with Crippen molar-refractivity contribution in [2.45, 2.75) is 0 Å². The minimum Gasteiger partial charge on any atom is -0.507 e. The molecule has 1 aromatic carbocycles. The molecule has 1 aromatic rings. The number of nitrogens with two attached hydrogens (primary N) is 1. The molecule has 0 heterocycles. The Bertz CT molecular complexity index is 416. The molecular weight excluding hydrogens is 208 g/mol. The van der Waals surface area contributed by atoms with Crippen molar-refractivity contribution in [3.8, 4) is 5.75 Å². The van der Waals surface area contributed by atoms with Crippen LogP contribution in [0.5, 0.6) is 5.75 Å². The molecule has 0 aromatic heterocycles. The normalized spacial score (nSPS) is 10.6. The molecule has 5 heteroatoms. The molecule has 0 atom stereocenters. The van der Waals surface area contributed by atoms with Gasteiger partial charge in [0.05, 0.1) is 7.11 Å². The molecule has 86 valence electrons. The number of benzene rings is 1. The lowest BCUT2D eigenvalue weighted by atomic mass is 10.1. The van der Waals surface area contributed by atoms with Gasteiger partial charge in [0.25, 0.3) is 5.91 Å². The molecule has 0 aliphatic rings. The highest BCUT2D eigenvalue weighted by Gasteiger charge is 2.03. The summed E-state index contributed by atoms with van der Waals surface area (Å²) in [5.41, 5.74) is 6.56. The Balaban J connectivity index is 2.84. The van der Waals surface area contributed by atoms with Crippen molar-refractivity contribution in [3.05, 3.63) is 29.8 Å². The van der Waals surface area contributed by atoms with Gasteiger partial charge in [-0.2, -0.15) is 0 Å². The number of hydrogen-bond acceptors (Lipinski definition) is 4. The number of anilines is 1. The number of rotatable bonds is 3. The van der Waals surface area contributed by atoms with E-state index in [9.17, 15) is 9.90 Å². The van der Waals surface area contributed by atoms with Crippen molar-refractivity contribution >= 4 is 17.7 Å². The number of nitrogen functional groups attached to an aromatic ring is 1. The second-order valence-corrected chi connectivity index (χ2v) is 3.17. The average Bonchev–Trinajstić information content (AvgIpc) is 2.28.